The highest BCUT2D eigenvalue weighted by Gasteiger charge is 2.23. The molecule has 0 radical (unpaired) electrons. The van der Waals surface area contributed by atoms with Crippen LogP contribution in [0.4, 0.5) is 5.69 Å². The van der Waals surface area contributed by atoms with Crippen molar-refractivity contribution in [3.63, 3.8) is 0 Å². The molecule has 0 aliphatic carbocycles. The first-order valence-corrected chi connectivity index (χ1v) is 15.2. The molecule has 2 aromatic heterocycles. The first kappa shape index (κ1) is 25.9. The van der Waals surface area contributed by atoms with Gasteiger partial charge in [-0.05, 0) is 63.4 Å². The highest BCUT2D eigenvalue weighted by molar-refractivity contribution is 7.26. The van der Waals surface area contributed by atoms with E-state index in [1.165, 1.54) is 58.8 Å². The first-order chi connectivity index (χ1) is 19.5. The van der Waals surface area contributed by atoms with Crippen LogP contribution in [0, 0.1) is 0 Å². The van der Waals surface area contributed by atoms with Crippen LogP contribution in [0.5, 0.6) is 0 Å². The zero-order valence-corrected chi connectivity index (χ0v) is 25.5. The van der Waals surface area contributed by atoms with Gasteiger partial charge in [0.05, 0.1) is 22.4 Å². The van der Waals surface area contributed by atoms with Crippen LogP contribution in [0.3, 0.4) is 0 Å². The fourth-order valence-corrected chi connectivity index (χ4v) is 7.34. The number of rotatable bonds is 2. The fraction of sp³-hybridized carbons (Fsp3) is 0.211. The van der Waals surface area contributed by atoms with E-state index in [1.54, 1.807) is 0 Å². The van der Waals surface area contributed by atoms with Gasteiger partial charge in [0.1, 0.15) is 0 Å². The molecule has 2 N–H and O–H groups in total. The Morgan fingerprint density at radius 2 is 1.15 bits per heavy atom. The van der Waals surface area contributed by atoms with Crippen LogP contribution in [0.25, 0.3) is 58.8 Å². The number of thiophene rings is 1. The minimum atomic E-state index is 0.0450. The predicted octanol–water partition coefficient (Wildman–Crippen LogP) is 11.0. The minimum absolute atomic E-state index is 0.0450. The Bertz CT molecular complexity index is 2040. The lowest BCUT2D eigenvalue weighted by atomic mass is 9.78. The zero-order chi connectivity index (χ0) is 28.7. The van der Waals surface area contributed by atoms with Gasteiger partial charge >= 0.3 is 0 Å². The van der Waals surface area contributed by atoms with Gasteiger partial charge in [0, 0.05) is 30.9 Å². The Kier molecular flexibility index (Phi) is 5.65. The summed E-state index contributed by atoms with van der Waals surface area (Å²) < 4.78 is 4.82. The molecule has 0 unspecified atom stereocenters. The minimum Gasteiger partial charge on any atom is -0.396 e. The number of hydrogen-bond donors (Lipinski definition) is 1. The maximum atomic E-state index is 7.23. The summed E-state index contributed by atoms with van der Waals surface area (Å²) in [7, 11) is 0. The molecular formula is C38H36N2S. The lowest BCUT2D eigenvalue weighted by molar-refractivity contribution is 0.569. The number of para-hydroxylation sites is 2. The molecule has 7 rings (SSSR count). The number of nitrogens with zero attached hydrogens (tertiary/aromatic N) is 1. The van der Waals surface area contributed by atoms with Crippen LogP contribution in [0.2, 0.25) is 0 Å². The SMILES string of the molecule is CC(C)(C)c1cc(-c2cccc3sc4ccc(-n5c6ccccc6c6ccccc65)c(N)c4c23)cc(C(C)(C)C)c1. The van der Waals surface area contributed by atoms with E-state index in [9.17, 15) is 0 Å². The van der Waals surface area contributed by atoms with E-state index in [0.29, 0.717) is 0 Å². The largest absolute Gasteiger partial charge is 0.396 e. The first-order valence-electron chi connectivity index (χ1n) is 14.4. The van der Waals surface area contributed by atoms with Crippen molar-refractivity contribution in [3.05, 3.63) is 108 Å². The summed E-state index contributed by atoms with van der Waals surface area (Å²) in [4.78, 5) is 0. The summed E-state index contributed by atoms with van der Waals surface area (Å²) in [5.74, 6) is 0. The van der Waals surface area contributed by atoms with E-state index in [4.69, 9.17) is 5.73 Å². The number of anilines is 1. The molecule has 0 aliphatic heterocycles. The van der Waals surface area contributed by atoms with Gasteiger partial charge < -0.3 is 10.3 Å². The van der Waals surface area contributed by atoms with E-state index in [2.05, 4.69) is 143 Å². The summed E-state index contributed by atoms with van der Waals surface area (Å²) in [5, 5.41) is 4.89. The van der Waals surface area contributed by atoms with Gasteiger partial charge in [0.2, 0.25) is 0 Å². The molecule has 5 aromatic carbocycles. The number of nitrogens with two attached hydrogens (primary N) is 1. The standard InChI is InChI=1S/C38H36N2S/c1-37(2,3)24-20-23(21-25(22-24)38(4,5)6)26-14-11-17-32-34(26)35-33(41-32)19-18-31(36(35)39)40-29-15-9-7-12-27(29)28-13-8-10-16-30(28)40/h7-22H,39H2,1-6H3. The summed E-state index contributed by atoms with van der Waals surface area (Å²) in [6.07, 6.45) is 0. The highest BCUT2D eigenvalue weighted by Crippen LogP contribution is 2.46. The van der Waals surface area contributed by atoms with Gasteiger partial charge in [0.25, 0.3) is 0 Å². The maximum Gasteiger partial charge on any atom is 0.0699 e. The Morgan fingerprint density at radius 3 is 1.73 bits per heavy atom. The van der Waals surface area contributed by atoms with Gasteiger partial charge in [0.15, 0.2) is 0 Å². The zero-order valence-electron chi connectivity index (χ0n) is 24.7. The monoisotopic (exact) mass is 552 g/mol. The molecule has 0 saturated heterocycles. The van der Waals surface area contributed by atoms with Crippen molar-refractivity contribution in [2.75, 3.05) is 5.73 Å². The van der Waals surface area contributed by atoms with E-state index >= 15 is 0 Å². The highest BCUT2D eigenvalue weighted by atomic mass is 32.1. The molecule has 0 fully saturated rings. The van der Waals surface area contributed by atoms with Gasteiger partial charge in [-0.2, -0.15) is 0 Å². The summed E-state index contributed by atoms with van der Waals surface area (Å²) in [5.41, 5.74) is 16.7. The molecule has 204 valence electrons. The average molecular weight is 553 g/mol. The molecule has 0 spiro atoms. The van der Waals surface area contributed by atoms with Crippen molar-refractivity contribution in [2.45, 2.75) is 52.4 Å². The van der Waals surface area contributed by atoms with Crippen molar-refractivity contribution in [1.29, 1.82) is 0 Å². The van der Waals surface area contributed by atoms with Crippen LogP contribution in [-0.2, 0) is 10.8 Å². The molecule has 0 amide bonds. The smallest absolute Gasteiger partial charge is 0.0699 e. The number of benzene rings is 5. The predicted molar refractivity (Wildman–Crippen MR) is 181 cm³/mol. The van der Waals surface area contributed by atoms with Gasteiger partial charge in [-0.1, -0.05) is 108 Å². The van der Waals surface area contributed by atoms with E-state index in [-0.39, 0.29) is 10.8 Å². The second-order valence-corrected chi connectivity index (χ2v) is 14.4. The molecule has 2 heterocycles. The maximum absolute atomic E-state index is 7.23. The normalized spacial score (nSPS) is 12.7. The Balaban J connectivity index is 1.56. The average Bonchev–Trinajstić information content (AvgIpc) is 3.49. The lowest BCUT2D eigenvalue weighted by Crippen LogP contribution is -2.16. The molecule has 3 heteroatoms. The third kappa shape index (κ3) is 4.06. The molecule has 7 aromatic rings. The van der Waals surface area contributed by atoms with Crippen molar-refractivity contribution in [2.24, 2.45) is 0 Å². The van der Waals surface area contributed by atoms with Crippen molar-refractivity contribution in [1.82, 2.24) is 4.57 Å². The van der Waals surface area contributed by atoms with Gasteiger partial charge in [-0.25, -0.2) is 0 Å². The van der Waals surface area contributed by atoms with Crippen LogP contribution in [-0.4, -0.2) is 4.57 Å². The van der Waals surface area contributed by atoms with Crippen molar-refractivity contribution < 1.29 is 0 Å². The molecule has 0 bridgehead atoms. The third-order valence-electron chi connectivity index (χ3n) is 8.48. The Hall–Kier alpha value is -4.08. The van der Waals surface area contributed by atoms with Crippen molar-refractivity contribution in [3.8, 4) is 16.8 Å². The quantitative estimate of drug-likeness (QED) is 0.212. The summed E-state index contributed by atoms with van der Waals surface area (Å²) >= 11 is 1.83. The van der Waals surface area contributed by atoms with Crippen LogP contribution >= 0.6 is 11.3 Å². The van der Waals surface area contributed by atoms with Gasteiger partial charge in [-0.3, -0.25) is 0 Å². The number of nitrogen functional groups attached to an aromatic ring is 1. The number of fused-ring (bicyclic) bond motifs is 6. The number of aromatic nitrogens is 1. The summed E-state index contributed by atoms with van der Waals surface area (Å²) in [6, 6.07) is 35.6. The Labute approximate surface area is 246 Å². The van der Waals surface area contributed by atoms with Gasteiger partial charge in [-0.15, -0.1) is 11.3 Å². The summed E-state index contributed by atoms with van der Waals surface area (Å²) in [6.45, 7) is 13.8. The van der Waals surface area contributed by atoms with Crippen LogP contribution in [0.1, 0.15) is 52.7 Å². The van der Waals surface area contributed by atoms with Crippen LogP contribution < -0.4 is 5.73 Å². The third-order valence-corrected chi connectivity index (χ3v) is 9.60. The number of hydrogen-bond acceptors (Lipinski definition) is 2. The molecule has 0 aliphatic rings. The second-order valence-electron chi connectivity index (χ2n) is 13.3. The molecular weight excluding hydrogens is 516 g/mol. The lowest BCUT2D eigenvalue weighted by Gasteiger charge is -2.26. The second kappa shape index (κ2) is 8.96. The van der Waals surface area contributed by atoms with E-state index < -0.39 is 0 Å². The molecule has 0 saturated carbocycles. The van der Waals surface area contributed by atoms with E-state index in [1.807, 2.05) is 11.3 Å². The van der Waals surface area contributed by atoms with Crippen LogP contribution in [0.15, 0.2) is 97.1 Å². The van der Waals surface area contributed by atoms with Crippen molar-refractivity contribution >= 4 is 59.0 Å². The topological polar surface area (TPSA) is 30.9 Å². The molecule has 2 nitrogen and oxygen atoms in total. The molecule has 41 heavy (non-hydrogen) atoms. The molecule has 0 atom stereocenters. The Morgan fingerprint density at radius 1 is 0.585 bits per heavy atom. The fourth-order valence-electron chi connectivity index (χ4n) is 6.19. The van der Waals surface area contributed by atoms with E-state index in [0.717, 1.165) is 16.8 Å².